The summed E-state index contributed by atoms with van der Waals surface area (Å²) in [5.41, 5.74) is 0. The molecule has 0 aromatic rings. The van der Waals surface area contributed by atoms with E-state index in [4.69, 9.17) is 0 Å². The maximum absolute atomic E-state index is 9.53. The molecule has 58 valence electrons. The van der Waals surface area contributed by atoms with Crippen LogP contribution in [0, 0.1) is 6.92 Å². The molecule has 0 aromatic heterocycles. The van der Waals surface area contributed by atoms with Crippen molar-refractivity contribution in [3.8, 4) is 0 Å². The molecule has 3 heteroatoms. The van der Waals surface area contributed by atoms with E-state index >= 15 is 0 Å². The van der Waals surface area contributed by atoms with Crippen molar-refractivity contribution in [1.82, 2.24) is 0 Å². The molecule has 0 heterocycles. The van der Waals surface area contributed by atoms with Crippen molar-refractivity contribution in [2.45, 2.75) is 46.1 Å². The van der Waals surface area contributed by atoms with E-state index in [1.165, 1.54) is 12.8 Å². The van der Waals surface area contributed by atoms with Gasteiger partial charge in [-0.15, -0.1) is 6.10 Å². The van der Waals surface area contributed by atoms with Crippen LogP contribution in [0.5, 0.6) is 0 Å². The molecule has 0 saturated carbocycles. The van der Waals surface area contributed by atoms with Crippen molar-refractivity contribution >= 4 is 0 Å². The second-order valence-electron chi connectivity index (χ2n) is 2.26. The number of unbranched alkanes of at least 4 members (excludes halogenated alkanes) is 2. The fourth-order valence-corrected chi connectivity index (χ4v) is 0.250. The van der Waals surface area contributed by atoms with Crippen molar-refractivity contribution in [3.63, 3.8) is 0 Å². The van der Waals surface area contributed by atoms with E-state index in [-0.39, 0.29) is 59.1 Å². The minimum absolute atomic E-state index is 0. The summed E-state index contributed by atoms with van der Waals surface area (Å²) in [6, 6.07) is 0. The third-order valence-electron chi connectivity index (χ3n) is 0.604. The Morgan fingerprint density at radius 1 is 1.27 bits per heavy atom. The van der Waals surface area contributed by atoms with Crippen LogP contribution in [0.2, 0.25) is 0 Å². The Balaban J connectivity index is -0.0000000383. The van der Waals surface area contributed by atoms with E-state index in [2.05, 4.69) is 13.8 Å². The summed E-state index contributed by atoms with van der Waals surface area (Å²) in [5.74, 6) is 0. The monoisotopic (exact) mass is 176 g/mol. The first kappa shape index (κ1) is 23.1. The van der Waals surface area contributed by atoms with Crippen molar-refractivity contribution in [3.05, 3.63) is 6.92 Å². The zero-order valence-electron chi connectivity index (χ0n) is 8.81. The second kappa shape index (κ2) is 22.7. The van der Waals surface area contributed by atoms with Crippen LogP contribution in [0.4, 0.5) is 0 Å². The SMILES string of the molecule is CC(C)[O-].[CH2-]CCCC.[Na+].[Na+]. The molecule has 0 amide bonds. The molecule has 0 atom stereocenters. The number of rotatable bonds is 2. The van der Waals surface area contributed by atoms with Gasteiger partial charge in [0.05, 0.1) is 0 Å². The molecule has 0 spiro atoms. The summed E-state index contributed by atoms with van der Waals surface area (Å²) in [7, 11) is 0. The third kappa shape index (κ3) is 75.7. The molecule has 0 fully saturated rings. The fraction of sp³-hybridized carbons (Fsp3) is 0.875. The van der Waals surface area contributed by atoms with Crippen LogP contribution < -0.4 is 64.2 Å². The van der Waals surface area contributed by atoms with Crippen molar-refractivity contribution in [2.24, 2.45) is 0 Å². The first-order chi connectivity index (χ1) is 4.15. The Kier molecular flexibility index (Phi) is 47.6. The number of hydrogen-bond donors (Lipinski definition) is 0. The van der Waals surface area contributed by atoms with Crippen molar-refractivity contribution < 1.29 is 64.2 Å². The van der Waals surface area contributed by atoms with E-state index in [9.17, 15) is 5.11 Å². The Hall–Kier alpha value is 1.96. The van der Waals surface area contributed by atoms with Gasteiger partial charge in [-0.2, -0.15) is 6.42 Å². The van der Waals surface area contributed by atoms with E-state index in [0.29, 0.717) is 0 Å². The summed E-state index contributed by atoms with van der Waals surface area (Å²) in [5, 5.41) is 9.53. The summed E-state index contributed by atoms with van der Waals surface area (Å²) < 4.78 is 0. The molecule has 11 heavy (non-hydrogen) atoms. The minimum Gasteiger partial charge on any atom is -0.852 e. The average molecular weight is 176 g/mol. The van der Waals surface area contributed by atoms with Crippen molar-refractivity contribution in [2.75, 3.05) is 0 Å². The van der Waals surface area contributed by atoms with Gasteiger partial charge in [0.2, 0.25) is 0 Å². The van der Waals surface area contributed by atoms with E-state index in [0.717, 1.165) is 6.42 Å². The zero-order valence-corrected chi connectivity index (χ0v) is 12.8. The molecular weight excluding hydrogens is 158 g/mol. The predicted octanol–water partition coefficient (Wildman–Crippen LogP) is -4.23. The van der Waals surface area contributed by atoms with Gasteiger partial charge < -0.3 is 12.0 Å². The molecule has 0 aromatic carbocycles. The van der Waals surface area contributed by atoms with Gasteiger partial charge in [-0.25, -0.2) is 0 Å². The Morgan fingerprint density at radius 2 is 1.55 bits per heavy atom. The van der Waals surface area contributed by atoms with Crippen LogP contribution in [0.1, 0.15) is 40.0 Å². The minimum atomic E-state index is -0.417. The second-order valence-corrected chi connectivity index (χ2v) is 2.26. The molecule has 0 aliphatic heterocycles. The van der Waals surface area contributed by atoms with E-state index < -0.39 is 6.10 Å². The first-order valence-electron chi connectivity index (χ1n) is 3.60. The van der Waals surface area contributed by atoms with Gasteiger partial charge >= 0.3 is 59.1 Å². The molecule has 0 saturated heterocycles. The molecule has 0 aliphatic carbocycles. The van der Waals surface area contributed by atoms with E-state index in [1.54, 1.807) is 13.8 Å². The quantitative estimate of drug-likeness (QED) is 0.309. The van der Waals surface area contributed by atoms with Gasteiger partial charge in [0, 0.05) is 0 Å². The standard InChI is InChI=1S/C5H11.C3H7O.2Na/c1-3-5-4-2;1-3(2)4;;/h1,3-5H2,2H3;3H,1-2H3;;/q2*-1;2*+1. The van der Waals surface area contributed by atoms with Gasteiger partial charge in [-0.3, -0.25) is 0 Å². The number of hydrogen-bond acceptors (Lipinski definition) is 1. The summed E-state index contributed by atoms with van der Waals surface area (Å²) in [6.07, 6.45) is 3.24. The normalized spacial score (nSPS) is 7.09. The van der Waals surface area contributed by atoms with Gasteiger partial charge in [0.1, 0.15) is 0 Å². The third-order valence-corrected chi connectivity index (χ3v) is 0.604. The van der Waals surface area contributed by atoms with Crippen LogP contribution >= 0.6 is 0 Å². The largest absolute Gasteiger partial charge is 1.00 e. The van der Waals surface area contributed by atoms with Crippen LogP contribution in [0.25, 0.3) is 0 Å². The van der Waals surface area contributed by atoms with Gasteiger partial charge in [0.25, 0.3) is 0 Å². The topological polar surface area (TPSA) is 23.1 Å². The molecule has 0 rings (SSSR count). The molecule has 0 unspecified atom stereocenters. The molecule has 1 nitrogen and oxygen atoms in total. The van der Waals surface area contributed by atoms with Crippen LogP contribution in [-0.4, -0.2) is 6.10 Å². The molecule has 0 bridgehead atoms. The summed E-state index contributed by atoms with van der Waals surface area (Å²) in [4.78, 5) is 0. The smallest absolute Gasteiger partial charge is 0.852 e. The molecule has 0 N–H and O–H groups in total. The zero-order chi connectivity index (χ0) is 7.70. The Morgan fingerprint density at radius 3 is 1.55 bits per heavy atom. The molecule has 0 radical (unpaired) electrons. The maximum atomic E-state index is 9.53. The summed E-state index contributed by atoms with van der Waals surface area (Å²) >= 11 is 0. The predicted molar refractivity (Wildman–Crippen MR) is 40.0 cm³/mol. The van der Waals surface area contributed by atoms with E-state index in [1.807, 2.05) is 0 Å². The van der Waals surface area contributed by atoms with Crippen LogP contribution in [0.3, 0.4) is 0 Å². The summed E-state index contributed by atoms with van der Waals surface area (Å²) in [6.45, 7) is 9.07. The Labute approximate surface area is 116 Å². The van der Waals surface area contributed by atoms with Gasteiger partial charge in [0.15, 0.2) is 0 Å². The van der Waals surface area contributed by atoms with Gasteiger partial charge in [-0.1, -0.05) is 33.6 Å². The molecular formula is C8H18Na2O. The molecule has 0 aliphatic rings. The van der Waals surface area contributed by atoms with Gasteiger partial charge in [-0.05, 0) is 0 Å². The average Bonchev–Trinajstić information content (AvgIpc) is 1.66. The van der Waals surface area contributed by atoms with Crippen molar-refractivity contribution in [1.29, 1.82) is 0 Å². The van der Waals surface area contributed by atoms with Crippen LogP contribution in [0.15, 0.2) is 0 Å². The maximum Gasteiger partial charge on any atom is 1.00 e. The first-order valence-corrected chi connectivity index (χ1v) is 3.60. The Bertz CT molecular complexity index is 36.3. The van der Waals surface area contributed by atoms with Crippen LogP contribution in [-0.2, 0) is 0 Å². The fourth-order valence-electron chi connectivity index (χ4n) is 0.250.